The number of alkyl halides is 3. The van der Waals surface area contributed by atoms with Gasteiger partial charge in [0.2, 0.25) is 5.82 Å². The first-order valence-electron chi connectivity index (χ1n) is 6.07. The summed E-state index contributed by atoms with van der Waals surface area (Å²) in [5.41, 5.74) is 2.07. The second-order valence-corrected chi connectivity index (χ2v) is 4.50. The number of aromatic nitrogens is 2. The highest BCUT2D eigenvalue weighted by Gasteiger charge is 2.35. The zero-order valence-electron chi connectivity index (χ0n) is 11.3. The van der Waals surface area contributed by atoms with Crippen molar-refractivity contribution in [1.29, 1.82) is 0 Å². The van der Waals surface area contributed by atoms with Gasteiger partial charge in [-0.1, -0.05) is 13.8 Å². The molecule has 0 aliphatic rings. The maximum absolute atomic E-state index is 12.6. The van der Waals surface area contributed by atoms with E-state index in [1.54, 1.807) is 0 Å². The van der Waals surface area contributed by atoms with Crippen LogP contribution < -0.4 is 16.6 Å². The molecule has 9 heteroatoms. The van der Waals surface area contributed by atoms with E-state index in [1.165, 1.54) is 6.07 Å². The predicted octanol–water partition coefficient (Wildman–Crippen LogP) is 1.87. The Bertz CT molecular complexity index is 425. The number of nitrogens with two attached hydrogens (primary N) is 1. The van der Waals surface area contributed by atoms with Gasteiger partial charge in [-0.3, -0.25) is 0 Å². The summed E-state index contributed by atoms with van der Waals surface area (Å²) in [5.74, 6) is 4.15. The molecule has 6 nitrogen and oxygen atoms in total. The summed E-state index contributed by atoms with van der Waals surface area (Å²) in [6.45, 7) is 5.31. The van der Waals surface area contributed by atoms with Crippen molar-refractivity contribution < 1.29 is 17.9 Å². The zero-order chi connectivity index (χ0) is 15.2. The first kappa shape index (κ1) is 16.4. The quantitative estimate of drug-likeness (QED) is 0.404. The lowest BCUT2D eigenvalue weighted by Gasteiger charge is -2.12. The van der Waals surface area contributed by atoms with Crippen molar-refractivity contribution >= 4 is 11.6 Å². The SMILES string of the molecule is CC(C)COCCNc1cc(NN)nc(C(F)(F)F)n1. The molecular weight excluding hydrogens is 275 g/mol. The van der Waals surface area contributed by atoms with Gasteiger partial charge in [0, 0.05) is 19.2 Å². The molecule has 0 saturated carbocycles. The second kappa shape index (κ2) is 7.25. The van der Waals surface area contributed by atoms with Gasteiger partial charge in [-0.2, -0.15) is 13.2 Å². The molecule has 0 bridgehead atoms. The Morgan fingerprint density at radius 1 is 1.30 bits per heavy atom. The van der Waals surface area contributed by atoms with Gasteiger partial charge in [-0.25, -0.2) is 15.8 Å². The molecule has 20 heavy (non-hydrogen) atoms. The monoisotopic (exact) mass is 293 g/mol. The predicted molar refractivity (Wildman–Crippen MR) is 69.0 cm³/mol. The van der Waals surface area contributed by atoms with Gasteiger partial charge >= 0.3 is 6.18 Å². The number of anilines is 2. The summed E-state index contributed by atoms with van der Waals surface area (Å²) in [6, 6.07) is 1.29. The summed E-state index contributed by atoms with van der Waals surface area (Å²) in [4.78, 5) is 6.63. The molecule has 0 unspecified atom stereocenters. The number of nitrogen functional groups attached to an aromatic ring is 1. The minimum absolute atomic E-state index is 0.0356. The first-order chi connectivity index (χ1) is 9.32. The summed E-state index contributed by atoms with van der Waals surface area (Å²) in [7, 11) is 0. The third kappa shape index (κ3) is 5.57. The second-order valence-electron chi connectivity index (χ2n) is 4.50. The molecule has 1 aromatic heterocycles. The Kier molecular flexibility index (Phi) is 5.96. The van der Waals surface area contributed by atoms with E-state index in [-0.39, 0.29) is 11.6 Å². The van der Waals surface area contributed by atoms with Crippen LogP contribution in [-0.4, -0.2) is 29.7 Å². The fourth-order valence-electron chi connectivity index (χ4n) is 1.31. The maximum Gasteiger partial charge on any atom is 0.451 e. The van der Waals surface area contributed by atoms with Crippen LogP contribution in [0.3, 0.4) is 0 Å². The van der Waals surface area contributed by atoms with Crippen molar-refractivity contribution in [3.05, 3.63) is 11.9 Å². The van der Waals surface area contributed by atoms with Gasteiger partial charge < -0.3 is 15.5 Å². The average Bonchev–Trinajstić information content (AvgIpc) is 2.36. The molecule has 0 amide bonds. The van der Waals surface area contributed by atoms with Crippen molar-refractivity contribution in [3.63, 3.8) is 0 Å². The lowest BCUT2D eigenvalue weighted by atomic mass is 10.2. The zero-order valence-corrected chi connectivity index (χ0v) is 11.3. The van der Waals surface area contributed by atoms with E-state index in [0.717, 1.165) is 0 Å². The molecule has 0 spiro atoms. The van der Waals surface area contributed by atoms with Crippen molar-refractivity contribution in [2.24, 2.45) is 11.8 Å². The normalized spacial score (nSPS) is 11.8. The van der Waals surface area contributed by atoms with Crippen molar-refractivity contribution in [1.82, 2.24) is 9.97 Å². The van der Waals surface area contributed by atoms with E-state index in [0.29, 0.717) is 25.7 Å². The van der Waals surface area contributed by atoms with Gasteiger partial charge in [0.15, 0.2) is 0 Å². The third-order valence-electron chi connectivity index (χ3n) is 2.13. The molecule has 1 heterocycles. The number of hydrogen-bond donors (Lipinski definition) is 3. The third-order valence-corrected chi connectivity index (χ3v) is 2.13. The van der Waals surface area contributed by atoms with Crippen LogP contribution in [0.4, 0.5) is 24.8 Å². The summed E-state index contributed by atoms with van der Waals surface area (Å²) >= 11 is 0. The van der Waals surface area contributed by atoms with Gasteiger partial charge in [0.05, 0.1) is 6.61 Å². The molecule has 0 aliphatic carbocycles. The molecule has 0 aliphatic heterocycles. The highest BCUT2D eigenvalue weighted by Crippen LogP contribution is 2.28. The molecular formula is C11H18F3N5O. The topological polar surface area (TPSA) is 85.1 Å². The fraction of sp³-hybridized carbons (Fsp3) is 0.636. The number of nitrogens with zero attached hydrogens (tertiary/aromatic N) is 2. The Morgan fingerprint density at radius 2 is 1.95 bits per heavy atom. The van der Waals surface area contributed by atoms with Crippen molar-refractivity contribution in [3.8, 4) is 0 Å². The van der Waals surface area contributed by atoms with Crippen LogP contribution >= 0.6 is 0 Å². The number of rotatable bonds is 7. The smallest absolute Gasteiger partial charge is 0.379 e. The standard InChI is InChI=1S/C11H18F3N5O/c1-7(2)6-20-4-3-16-8-5-9(19-15)18-10(17-8)11(12,13)14/h5,7H,3-4,6,15H2,1-2H3,(H2,16,17,18,19). The largest absolute Gasteiger partial charge is 0.451 e. The Labute approximate surface area is 114 Å². The fourth-order valence-corrected chi connectivity index (χ4v) is 1.31. The van der Waals surface area contributed by atoms with Crippen LogP contribution in [0.1, 0.15) is 19.7 Å². The van der Waals surface area contributed by atoms with E-state index in [4.69, 9.17) is 10.6 Å². The molecule has 0 saturated heterocycles. The minimum Gasteiger partial charge on any atom is -0.379 e. The van der Waals surface area contributed by atoms with Gasteiger partial charge in [-0.05, 0) is 5.92 Å². The van der Waals surface area contributed by atoms with Gasteiger partial charge in [0.25, 0.3) is 0 Å². The van der Waals surface area contributed by atoms with E-state index >= 15 is 0 Å². The summed E-state index contributed by atoms with van der Waals surface area (Å²) in [6.07, 6.45) is -4.63. The molecule has 0 radical (unpaired) electrons. The molecule has 0 aromatic carbocycles. The number of nitrogens with one attached hydrogen (secondary N) is 2. The Morgan fingerprint density at radius 3 is 2.50 bits per heavy atom. The molecule has 1 rings (SSSR count). The minimum atomic E-state index is -4.63. The van der Waals surface area contributed by atoms with E-state index < -0.39 is 12.0 Å². The molecule has 114 valence electrons. The van der Waals surface area contributed by atoms with E-state index in [9.17, 15) is 13.2 Å². The number of hydrogen-bond acceptors (Lipinski definition) is 6. The molecule has 0 fully saturated rings. The lowest BCUT2D eigenvalue weighted by molar-refractivity contribution is -0.144. The molecule has 4 N–H and O–H groups in total. The molecule has 1 aromatic rings. The van der Waals surface area contributed by atoms with Crippen LogP contribution in [0.25, 0.3) is 0 Å². The van der Waals surface area contributed by atoms with Crippen LogP contribution in [0.5, 0.6) is 0 Å². The van der Waals surface area contributed by atoms with Crippen LogP contribution in [0.15, 0.2) is 6.07 Å². The number of ether oxygens (including phenoxy) is 1. The highest BCUT2D eigenvalue weighted by molar-refractivity contribution is 5.47. The summed E-state index contributed by atoms with van der Waals surface area (Å²) in [5, 5.41) is 2.73. The van der Waals surface area contributed by atoms with E-state index in [2.05, 4.69) is 20.7 Å². The van der Waals surface area contributed by atoms with Crippen molar-refractivity contribution in [2.75, 3.05) is 30.5 Å². The maximum atomic E-state index is 12.6. The Balaban J connectivity index is 2.61. The highest BCUT2D eigenvalue weighted by atomic mass is 19.4. The van der Waals surface area contributed by atoms with Crippen LogP contribution in [0, 0.1) is 5.92 Å². The van der Waals surface area contributed by atoms with Gasteiger partial charge in [-0.15, -0.1) is 0 Å². The van der Waals surface area contributed by atoms with Crippen LogP contribution in [0.2, 0.25) is 0 Å². The van der Waals surface area contributed by atoms with Gasteiger partial charge in [0.1, 0.15) is 11.6 Å². The molecule has 0 atom stereocenters. The average molecular weight is 293 g/mol. The summed E-state index contributed by atoms with van der Waals surface area (Å²) < 4.78 is 43.0. The number of halogens is 3. The van der Waals surface area contributed by atoms with Crippen molar-refractivity contribution in [2.45, 2.75) is 20.0 Å². The van der Waals surface area contributed by atoms with E-state index in [1.807, 2.05) is 13.8 Å². The lowest BCUT2D eigenvalue weighted by Crippen LogP contribution is -2.18. The first-order valence-corrected chi connectivity index (χ1v) is 6.07. The van der Waals surface area contributed by atoms with Crippen LogP contribution in [-0.2, 0) is 10.9 Å². The Hall–Kier alpha value is -1.61. The number of hydrazine groups is 1.